The summed E-state index contributed by atoms with van der Waals surface area (Å²) in [5.74, 6) is -0.0985. The van der Waals surface area contributed by atoms with Crippen LogP contribution in [-0.4, -0.2) is 11.9 Å². The molecule has 5 nitrogen and oxygen atoms in total. The van der Waals surface area contributed by atoms with Crippen LogP contribution < -0.4 is 26.5 Å². The maximum Gasteiger partial charge on any atom is 0.271 e. The minimum absolute atomic E-state index is 0.0985. The van der Waals surface area contributed by atoms with Gasteiger partial charge in [-0.05, 0) is 29.5 Å². The number of para-hydroxylation sites is 3. The Morgan fingerprint density at radius 1 is 1.10 bits per heavy atom. The van der Waals surface area contributed by atoms with E-state index < -0.39 is 6.04 Å². The van der Waals surface area contributed by atoms with Crippen LogP contribution in [-0.2, 0) is 4.79 Å². The summed E-state index contributed by atoms with van der Waals surface area (Å²) in [6, 6.07) is 14.9. The molecule has 2 aromatic carbocycles. The van der Waals surface area contributed by atoms with Crippen molar-refractivity contribution in [3.63, 3.8) is 0 Å². The number of rotatable bonds is 1. The van der Waals surface area contributed by atoms with E-state index in [0.29, 0.717) is 0 Å². The van der Waals surface area contributed by atoms with Crippen LogP contribution >= 0.6 is 0 Å². The summed E-state index contributed by atoms with van der Waals surface area (Å²) in [5.41, 5.74) is 7.56. The van der Waals surface area contributed by atoms with Crippen molar-refractivity contribution in [1.82, 2.24) is 5.53 Å². The highest BCUT2D eigenvalue weighted by atomic mass is 16.2. The van der Waals surface area contributed by atoms with Crippen LogP contribution in [0.5, 0.6) is 0 Å². The Bertz CT molecular complexity index is 780. The van der Waals surface area contributed by atoms with Crippen LogP contribution in [0, 0.1) is 0 Å². The van der Waals surface area contributed by atoms with Crippen LogP contribution in [0.4, 0.5) is 11.4 Å². The highest BCUT2D eigenvalue weighted by Crippen LogP contribution is 2.28. The molecule has 2 aromatic rings. The number of carbonyl (C=O) groups is 1. The standard InChI is InChI=1S/C15H12N4O/c20-15(13-9-10-5-1-2-6-11(10)16-13)19-14-8-4-3-7-12(14)17-18-19/h1-9,13,17-18H/t13-/m0/s1. The molecule has 2 heterocycles. The summed E-state index contributed by atoms with van der Waals surface area (Å²) >= 11 is 0. The normalized spacial score (nSPS) is 18.6. The van der Waals surface area contributed by atoms with Gasteiger partial charge in [0.05, 0.1) is 16.7 Å². The third kappa shape index (κ3) is 1.60. The molecule has 0 fully saturated rings. The topological polar surface area (TPSA) is 56.7 Å². The fourth-order valence-corrected chi connectivity index (χ4v) is 2.49. The van der Waals surface area contributed by atoms with E-state index in [1.54, 1.807) is 0 Å². The quantitative estimate of drug-likeness (QED) is 0.781. The summed E-state index contributed by atoms with van der Waals surface area (Å²) in [5, 5.41) is 3.38. The van der Waals surface area contributed by atoms with Crippen molar-refractivity contribution >= 4 is 23.4 Å². The van der Waals surface area contributed by atoms with E-state index in [1.807, 2.05) is 54.6 Å². The largest absolute Gasteiger partial charge is 0.301 e. The van der Waals surface area contributed by atoms with Gasteiger partial charge in [-0.2, -0.15) is 0 Å². The summed E-state index contributed by atoms with van der Waals surface area (Å²) in [7, 11) is 0. The molecule has 0 bridgehead atoms. The number of hydrogen-bond acceptors (Lipinski definition) is 4. The lowest BCUT2D eigenvalue weighted by atomic mass is 10.2. The monoisotopic (exact) mass is 264 g/mol. The van der Waals surface area contributed by atoms with E-state index in [1.165, 1.54) is 5.01 Å². The Kier molecular flexibility index (Phi) is 2.34. The highest BCUT2D eigenvalue weighted by Gasteiger charge is 2.29. The van der Waals surface area contributed by atoms with Crippen molar-refractivity contribution < 1.29 is 4.79 Å². The van der Waals surface area contributed by atoms with Gasteiger partial charge in [0.2, 0.25) is 0 Å². The molecule has 0 aliphatic carbocycles. The van der Waals surface area contributed by atoms with E-state index in [9.17, 15) is 4.79 Å². The van der Waals surface area contributed by atoms with Crippen molar-refractivity contribution in [2.24, 2.45) is 4.99 Å². The smallest absolute Gasteiger partial charge is 0.271 e. The number of fused-ring (bicyclic) bond motifs is 2. The average molecular weight is 264 g/mol. The second kappa shape index (κ2) is 4.18. The van der Waals surface area contributed by atoms with Crippen LogP contribution in [0.3, 0.4) is 0 Å². The zero-order valence-electron chi connectivity index (χ0n) is 10.6. The van der Waals surface area contributed by atoms with Gasteiger partial charge >= 0.3 is 0 Å². The Morgan fingerprint density at radius 2 is 1.90 bits per heavy atom. The van der Waals surface area contributed by atoms with Crippen molar-refractivity contribution in [3.8, 4) is 0 Å². The van der Waals surface area contributed by atoms with E-state index in [0.717, 1.165) is 22.0 Å². The van der Waals surface area contributed by atoms with Crippen LogP contribution in [0.15, 0.2) is 53.5 Å². The Hall–Kier alpha value is -2.66. The van der Waals surface area contributed by atoms with Gasteiger partial charge in [-0.25, -0.2) is 5.01 Å². The van der Waals surface area contributed by atoms with Gasteiger partial charge in [0, 0.05) is 0 Å². The predicted octanol–water partition coefficient (Wildman–Crippen LogP) is 0.347. The van der Waals surface area contributed by atoms with Gasteiger partial charge in [0.1, 0.15) is 0 Å². The molecule has 20 heavy (non-hydrogen) atoms. The van der Waals surface area contributed by atoms with Gasteiger partial charge in [0.15, 0.2) is 6.04 Å². The molecule has 4 rings (SSSR count). The van der Waals surface area contributed by atoms with E-state index in [4.69, 9.17) is 0 Å². The third-order valence-corrected chi connectivity index (χ3v) is 3.47. The number of hydrogen-bond donors (Lipinski definition) is 2. The zero-order valence-corrected chi connectivity index (χ0v) is 10.6. The fourth-order valence-electron chi connectivity index (χ4n) is 2.49. The molecule has 0 radical (unpaired) electrons. The molecule has 0 aromatic heterocycles. The number of benzene rings is 2. The number of nitrogens with zero attached hydrogens (tertiary/aromatic N) is 2. The first-order valence-corrected chi connectivity index (χ1v) is 6.42. The number of amides is 1. The number of anilines is 2. The average Bonchev–Trinajstić information content (AvgIpc) is 3.10. The number of carbonyl (C=O) groups excluding carboxylic acids is 1. The molecule has 2 aliphatic heterocycles. The fraction of sp³-hybridized carbons (Fsp3) is 0.0667. The lowest BCUT2D eigenvalue weighted by Crippen LogP contribution is -2.45. The summed E-state index contributed by atoms with van der Waals surface area (Å²) in [6.07, 6.45) is 1.89. The summed E-state index contributed by atoms with van der Waals surface area (Å²) < 4.78 is 0. The SMILES string of the molecule is O=C([C@@H]1C=c2ccccc2=N1)N1NNc2ccccc21. The predicted molar refractivity (Wildman–Crippen MR) is 76.2 cm³/mol. The summed E-state index contributed by atoms with van der Waals surface area (Å²) in [4.78, 5) is 17.0. The molecule has 1 amide bonds. The molecular weight excluding hydrogens is 252 g/mol. The van der Waals surface area contributed by atoms with E-state index in [-0.39, 0.29) is 5.91 Å². The molecule has 1 atom stereocenters. The van der Waals surface area contributed by atoms with Gasteiger partial charge in [0.25, 0.3) is 5.91 Å². The van der Waals surface area contributed by atoms with Gasteiger partial charge in [-0.1, -0.05) is 30.3 Å². The van der Waals surface area contributed by atoms with E-state index in [2.05, 4.69) is 16.0 Å². The highest BCUT2D eigenvalue weighted by molar-refractivity contribution is 6.04. The zero-order chi connectivity index (χ0) is 13.5. The van der Waals surface area contributed by atoms with E-state index >= 15 is 0 Å². The number of hydrazine groups is 2. The minimum atomic E-state index is -0.479. The molecule has 5 heteroatoms. The molecule has 0 spiro atoms. The molecule has 2 aliphatic rings. The first-order chi connectivity index (χ1) is 9.83. The van der Waals surface area contributed by atoms with Crippen molar-refractivity contribution in [1.29, 1.82) is 0 Å². The first kappa shape index (κ1) is 11.2. The Balaban J connectivity index is 1.69. The summed E-state index contributed by atoms with van der Waals surface area (Å²) in [6.45, 7) is 0. The maximum absolute atomic E-state index is 12.6. The Labute approximate surface area is 115 Å². The minimum Gasteiger partial charge on any atom is -0.301 e. The maximum atomic E-state index is 12.6. The lowest BCUT2D eigenvalue weighted by molar-refractivity contribution is -0.119. The van der Waals surface area contributed by atoms with Crippen LogP contribution in [0.1, 0.15) is 0 Å². The van der Waals surface area contributed by atoms with Crippen LogP contribution in [0.2, 0.25) is 0 Å². The lowest BCUT2D eigenvalue weighted by Gasteiger charge is -2.17. The molecule has 0 unspecified atom stereocenters. The number of nitrogens with one attached hydrogen (secondary N) is 2. The molecular formula is C15H12N4O. The molecule has 0 saturated heterocycles. The molecule has 0 saturated carbocycles. The van der Waals surface area contributed by atoms with Crippen molar-refractivity contribution in [2.75, 3.05) is 10.4 Å². The molecule has 98 valence electrons. The van der Waals surface area contributed by atoms with Crippen molar-refractivity contribution in [3.05, 3.63) is 59.1 Å². The first-order valence-electron chi connectivity index (χ1n) is 6.42. The third-order valence-electron chi connectivity index (χ3n) is 3.47. The van der Waals surface area contributed by atoms with Crippen LogP contribution in [0.25, 0.3) is 6.08 Å². The van der Waals surface area contributed by atoms with Crippen molar-refractivity contribution in [2.45, 2.75) is 6.04 Å². The van der Waals surface area contributed by atoms with Gasteiger partial charge in [-0.15, -0.1) is 5.53 Å². The Morgan fingerprint density at radius 3 is 2.80 bits per heavy atom. The van der Waals surface area contributed by atoms with Gasteiger partial charge < -0.3 is 5.43 Å². The van der Waals surface area contributed by atoms with Gasteiger partial charge in [-0.3, -0.25) is 9.79 Å². The second-order valence-electron chi connectivity index (χ2n) is 4.73. The second-order valence-corrected chi connectivity index (χ2v) is 4.73. The molecule has 2 N–H and O–H groups in total.